The Hall–Kier alpha value is -4.87. The molecule has 9 nitrogen and oxygen atoms in total. The zero-order valence-corrected chi connectivity index (χ0v) is 28.8. The van der Waals surface area contributed by atoms with Crippen LogP contribution in [0.4, 0.5) is 10.7 Å². The first-order chi connectivity index (χ1) is 23.1. The normalized spacial score (nSPS) is 14.7. The molecule has 2 atom stereocenters. The second kappa shape index (κ2) is 15.8. The van der Waals surface area contributed by atoms with Crippen molar-refractivity contribution in [1.29, 1.82) is 0 Å². The van der Waals surface area contributed by atoms with Crippen molar-refractivity contribution in [2.24, 2.45) is 5.92 Å². The molecular weight excluding hydrogens is 647 g/mol. The SMILES string of the molecule is COC(=O)c1c(NC(=O)C(C)Sc2cccc(NC(=O)/C(=C\c3ccc(OC)cc3)NC(=O)c3ccccc3)c2)sc2c1CCC(C)C2. The van der Waals surface area contributed by atoms with E-state index in [1.807, 2.05) is 12.1 Å². The molecule has 4 aromatic rings. The van der Waals surface area contributed by atoms with Crippen molar-refractivity contribution >= 4 is 63.6 Å². The van der Waals surface area contributed by atoms with Gasteiger partial charge in [0.2, 0.25) is 5.91 Å². The van der Waals surface area contributed by atoms with Crippen LogP contribution in [0.15, 0.2) is 89.5 Å². The van der Waals surface area contributed by atoms with Crippen LogP contribution in [-0.2, 0) is 27.2 Å². The average molecular weight is 684 g/mol. The van der Waals surface area contributed by atoms with Gasteiger partial charge >= 0.3 is 5.97 Å². The molecule has 1 aliphatic carbocycles. The molecule has 3 N–H and O–H groups in total. The Balaban J connectivity index is 1.29. The third-order valence-corrected chi connectivity index (χ3v) is 10.1. The third-order valence-electron chi connectivity index (χ3n) is 7.87. The van der Waals surface area contributed by atoms with Crippen molar-refractivity contribution < 1.29 is 28.7 Å². The number of anilines is 2. The lowest BCUT2D eigenvalue weighted by Gasteiger charge is -2.18. The summed E-state index contributed by atoms with van der Waals surface area (Å²) in [5.41, 5.74) is 3.07. The van der Waals surface area contributed by atoms with Crippen LogP contribution in [0.5, 0.6) is 5.75 Å². The number of thiophene rings is 1. The van der Waals surface area contributed by atoms with Gasteiger partial charge in [0.1, 0.15) is 16.4 Å². The molecular formula is C37H37N3O6S2. The molecule has 0 bridgehead atoms. The molecule has 1 heterocycles. The van der Waals surface area contributed by atoms with Gasteiger partial charge in [0, 0.05) is 21.0 Å². The summed E-state index contributed by atoms with van der Waals surface area (Å²) in [6.45, 7) is 3.97. The second-order valence-corrected chi connectivity index (χ2v) is 13.9. The molecule has 248 valence electrons. The van der Waals surface area contributed by atoms with E-state index in [-0.39, 0.29) is 11.6 Å². The number of esters is 1. The molecule has 0 fully saturated rings. The zero-order chi connectivity index (χ0) is 34.2. The average Bonchev–Trinajstić information content (AvgIpc) is 3.44. The molecule has 0 spiro atoms. The van der Waals surface area contributed by atoms with Gasteiger partial charge in [-0.05, 0) is 91.8 Å². The molecule has 48 heavy (non-hydrogen) atoms. The molecule has 5 rings (SSSR count). The molecule has 1 aliphatic rings. The predicted molar refractivity (Wildman–Crippen MR) is 191 cm³/mol. The van der Waals surface area contributed by atoms with Crippen LogP contribution in [0, 0.1) is 5.92 Å². The monoisotopic (exact) mass is 683 g/mol. The Bertz CT molecular complexity index is 1840. The lowest BCUT2D eigenvalue weighted by molar-refractivity contribution is -0.115. The summed E-state index contributed by atoms with van der Waals surface area (Å²) < 4.78 is 10.3. The molecule has 0 aliphatic heterocycles. The molecule has 3 aromatic carbocycles. The van der Waals surface area contributed by atoms with E-state index in [0.29, 0.717) is 39.0 Å². The van der Waals surface area contributed by atoms with Crippen LogP contribution in [0.3, 0.4) is 0 Å². The van der Waals surface area contributed by atoms with Gasteiger partial charge in [-0.2, -0.15) is 0 Å². The van der Waals surface area contributed by atoms with Crippen LogP contribution in [0.25, 0.3) is 6.08 Å². The van der Waals surface area contributed by atoms with E-state index in [9.17, 15) is 19.2 Å². The Morgan fingerprint density at radius 3 is 2.42 bits per heavy atom. The van der Waals surface area contributed by atoms with Crippen molar-refractivity contribution in [2.75, 3.05) is 24.9 Å². The van der Waals surface area contributed by atoms with Gasteiger partial charge in [0.25, 0.3) is 11.8 Å². The van der Waals surface area contributed by atoms with Gasteiger partial charge in [-0.3, -0.25) is 14.4 Å². The van der Waals surface area contributed by atoms with Crippen LogP contribution >= 0.6 is 23.1 Å². The standard InChI is InChI=1S/C37H37N3O6S2/c1-22-13-18-29-31(19-22)48-36(32(29)37(44)46-4)40-33(41)23(2)47-28-12-8-11-26(21-28)38-35(43)30(20-24-14-16-27(45-3)17-15-24)39-34(42)25-9-6-5-7-10-25/h5-12,14-17,20-23H,13,18-19H2,1-4H3,(H,38,43)(H,39,42)(H,40,41)/b30-20+. The third kappa shape index (κ3) is 8.53. The van der Waals surface area contributed by atoms with Crippen LogP contribution in [0.1, 0.15) is 57.0 Å². The van der Waals surface area contributed by atoms with E-state index in [0.717, 1.165) is 34.6 Å². The number of amides is 3. The minimum Gasteiger partial charge on any atom is -0.497 e. The number of benzene rings is 3. The van der Waals surface area contributed by atoms with E-state index < -0.39 is 23.0 Å². The Labute approximate surface area is 288 Å². The maximum absolute atomic E-state index is 13.5. The fourth-order valence-corrected chi connectivity index (χ4v) is 7.61. The fraction of sp³-hybridized carbons (Fsp3) is 0.243. The number of carbonyl (C=O) groups excluding carboxylic acids is 4. The van der Waals surface area contributed by atoms with E-state index in [4.69, 9.17) is 9.47 Å². The summed E-state index contributed by atoms with van der Waals surface area (Å²) in [6.07, 6.45) is 4.23. The number of ether oxygens (including phenoxy) is 2. The van der Waals surface area contributed by atoms with Crippen molar-refractivity contribution in [3.8, 4) is 5.75 Å². The highest BCUT2D eigenvalue weighted by molar-refractivity contribution is 8.00. The number of methoxy groups -OCH3 is 2. The number of thioether (sulfide) groups is 1. The Morgan fingerprint density at radius 2 is 1.71 bits per heavy atom. The maximum Gasteiger partial charge on any atom is 0.341 e. The van der Waals surface area contributed by atoms with Gasteiger partial charge in [-0.15, -0.1) is 23.1 Å². The number of rotatable bonds is 11. The highest BCUT2D eigenvalue weighted by Gasteiger charge is 2.29. The van der Waals surface area contributed by atoms with Crippen molar-refractivity contribution in [3.63, 3.8) is 0 Å². The molecule has 0 saturated heterocycles. The number of fused-ring (bicyclic) bond motifs is 1. The fourth-order valence-electron chi connectivity index (χ4n) is 5.28. The molecule has 3 amide bonds. The van der Waals surface area contributed by atoms with Crippen molar-refractivity contribution in [3.05, 3.63) is 112 Å². The van der Waals surface area contributed by atoms with Gasteiger partial charge < -0.3 is 25.4 Å². The van der Waals surface area contributed by atoms with Gasteiger partial charge in [0.15, 0.2) is 0 Å². The van der Waals surface area contributed by atoms with Gasteiger partial charge in [0.05, 0.1) is 25.0 Å². The second-order valence-electron chi connectivity index (χ2n) is 11.4. The van der Waals surface area contributed by atoms with E-state index in [1.54, 1.807) is 86.8 Å². The molecule has 11 heteroatoms. The summed E-state index contributed by atoms with van der Waals surface area (Å²) in [5.74, 6) is -0.458. The number of nitrogens with one attached hydrogen (secondary N) is 3. The minimum atomic E-state index is -0.519. The Kier molecular flexibility index (Phi) is 11.4. The highest BCUT2D eigenvalue weighted by Crippen LogP contribution is 2.40. The van der Waals surface area contributed by atoms with Gasteiger partial charge in [-0.1, -0.05) is 43.3 Å². The summed E-state index contributed by atoms with van der Waals surface area (Å²) in [4.78, 5) is 54.4. The molecule has 0 radical (unpaired) electrons. The number of hydrogen-bond donors (Lipinski definition) is 3. The predicted octanol–water partition coefficient (Wildman–Crippen LogP) is 7.20. The van der Waals surface area contributed by atoms with Crippen LogP contribution < -0.4 is 20.7 Å². The lowest BCUT2D eigenvalue weighted by atomic mass is 9.88. The topological polar surface area (TPSA) is 123 Å². The summed E-state index contributed by atoms with van der Waals surface area (Å²) >= 11 is 2.77. The highest BCUT2D eigenvalue weighted by atomic mass is 32.2. The van der Waals surface area contributed by atoms with E-state index in [2.05, 4.69) is 22.9 Å². The number of carbonyl (C=O) groups is 4. The first kappa shape index (κ1) is 34.5. The van der Waals surface area contributed by atoms with E-state index in [1.165, 1.54) is 30.2 Å². The first-order valence-electron chi connectivity index (χ1n) is 15.5. The molecule has 1 aromatic heterocycles. The largest absolute Gasteiger partial charge is 0.497 e. The van der Waals surface area contributed by atoms with E-state index >= 15 is 0 Å². The Morgan fingerprint density at radius 1 is 0.958 bits per heavy atom. The summed E-state index contributed by atoms with van der Waals surface area (Å²) in [5, 5.41) is 8.59. The summed E-state index contributed by atoms with van der Waals surface area (Å²) in [6, 6.07) is 22.9. The van der Waals surface area contributed by atoms with Crippen LogP contribution in [-0.4, -0.2) is 43.2 Å². The van der Waals surface area contributed by atoms with Crippen LogP contribution in [0.2, 0.25) is 0 Å². The lowest BCUT2D eigenvalue weighted by Crippen LogP contribution is -2.30. The number of hydrogen-bond acceptors (Lipinski definition) is 8. The first-order valence-corrected chi connectivity index (χ1v) is 17.2. The van der Waals surface area contributed by atoms with Crippen molar-refractivity contribution in [2.45, 2.75) is 43.3 Å². The minimum absolute atomic E-state index is 0.0503. The maximum atomic E-state index is 13.5. The smallest absolute Gasteiger partial charge is 0.341 e. The van der Waals surface area contributed by atoms with Crippen molar-refractivity contribution in [1.82, 2.24) is 5.32 Å². The van der Waals surface area contributed by atoms with Gasteiger partial charge in [-0.25, -0.2) is 4.79 Å². The zero-order valence-electron chi connectivity index (χ0n) is 27.1. The summed E-state index contributed by atoms with van der Waals surface area (Å²) in [7, 11) is 2.92. The quantitative estimate of drug-likeness (QED) is 0.0869. The molecule has 0 saturated carbocycles. The molecule has 2 unspecified atom stereocenters.